The Hall–Kier alpha value is -3.65. The number of nitrogens with zero attached hydrogens (tertiary/aromatic N) is 2. The first kappa shape index (κ1) is 17.7. The highest BCUT2D eigenvalue weighted by Crippen LogP contribution is 2.26. The Morgan fingerprint density at radius 2 is 2.00 bits per heavy atom. The van der Waals surface area contributed by atoms with Crippen LogP contribution in [0.15, 0.2) is 53.2 Å². The predicted octanol–water partition coefficient (Wildman–Crippen LogP) is 2.80. The summed E-state index contributed by atoms with van der Waals surface area (Å²) < 4.78 is 5.46. The minimum Gasteiger partial charge on any atom is -0.361 e. The molecule has 4 rings (SSSR count). The van der Waals surface area contributed by atoms with Crippen molar-refractivity contribution in [2.45, 2.75) is 12.8 Å². The molecule has 2 amide bonds. The van der Waals surface area contributed by atoms with Crippen LogP contribution in [0.5, 0.6) is 0 Å². The number of nitrogens with one attached hydrogen (secondary N) is 2. The second kappa shape index (κ2) is 7.53. The Morgan fingerprint density at radius 3 is 2.75 bits per heavy atom. The van der Waals surface area contributed by atoms with Gasteiger partial charge in [0.2, 0.25) is 0 Å². The van der Waals surface area contributed by atoms with Crippen LogP contribution < -0.4 is 16.8 Å². The van der Waals surface area contributed by atoms with Gasteiger partial charge in [-0.3, -0.25) is 0 Å². The van der Waals surface area contributed by atoms with Gasteiger partial charge in [-0.25, -0.2) is 4.79 Å². The van der Waals surface area contributed by atoms with Crippen LogP contribution in [0.1, 0.15) is 17.0 Å². The van der Waals surface area contributed by atoms with Crippen molar-refractivity contribution in [2.75, 3.05) is 11.9 Å². The molecule has 6 N–H and O–H groups in total. The molecule has 8 heteroatoms. The molecule has 0 aliphatic rings. The summed E-state index contributed by atoms with van der Waals surface area (Å²) in [5.74, 6) is 1.06. The Bertz CT molecular complexity index is 1110. The zero-order valence-electron chi connectivity index (χ0n) is 15.1. The van der Waals surface area contributed by atoms with Crippen LogP contribution in [-0.2, 0) is 12.8 Å². The average molecular weight is 376 g/mol. The van der Waals surface area contributed by atoms with E-state index < -0.39 is 6.03 Å². The van der Waals surface area contributed by atoms with Crippen LogP contribution in [0.4, 0.5) is 10.5 Å². The number of benzene rings is 2. The van der Waals surface area contributed by atoms with Gasteiger partial charge in [-0.15, -0.1) is 0 Å². The SMILES string of the molecule is NCCc1c[nH]c2ccc(-c3nc(Cc4ccc(NC(N)=O)cc4)no3)cc12. The molecule has 8 nitrogen and oxygen atoms in total. The molecule has 0 spiro atoms. The van der Waals surface area contributed by atoms with E-state index in [1.54, 1.807) is 12.1 Å². The molecule has 0 bridgehead atoms. The summed E-state index contributed by atoms with van der Waals surface area (Å²) in [6.07, 6.45) is 3.31. The van der Waals surface area contributed by atoms with E-state index in [1.807, 2.05) is 36.5 Å². The van der Waals surface area contributed by atoms with E-state index in [9.17, 15) is 4.79 Å². The Morgan fingerprint density at radius 1 is 1.18 bits per heavy atom. The number of urea groups is 1. The quantitative estimate of drug-likeness (QED) is 0.410. The lowest BCUT2D eigenvalue weighted by Crippen LogP contribution is -2.19. The Kier molecular flexibility index (Phi) is 4.77. The first-order valence-electron chi connectivity index (χ1n) is 8.91. The van der Waals surface area contributed by atoms with Crippen molar-refractivity contribution in [2.24, 2.45) is 11.5 Å². The summed E-state index contributed by atoms with van der Waals surface area (Å²) in [5, 5.41) is 7.72. The third-order valence-electron chi connectivity index (χ3n) is 4.48. The van der Waals surface area contributed by atoms with Crippen LogP contribution in [0.25, 0.3) is 22.4 Å². The number of nitrogens with two attached hydrogens (primary N) is 2. The average Bonchev–Trinajstić information content (AvgIpc) is 3.30. The summed E-state index contributed by atoms with van der Waals surface area (Å²) in [6.45, 7) is 0.593. The van der Waals surface area contributed by atoms with Crippen molar-refractivity contribution in [1.82, 2.24) is 15.1 Å². The van der Waals surface area contributed by atoms with E-state index in [-0.39, 0.29) is 0 Å². The van der Waals surface area contributed by atoms with E-state index in [1.165, 1.54) is 5.56 Å². The molecule has 0 fully saturated rings. The number of fused-ring (bicyclic) bond motifs is 1. The normalized spacial score (nSPS) is 11.0. The van der Waals surface area contributed by atoms with Crippen LogP contribution in [0, 0.1) is 0 Å². The number of aromatic nitrogens is 3. The molecular formula is C20H20N6O2. The Labute approximate surface area is 160 Å². The van der Waals surface area contributed by atoms with Crippen molar-refractivity contribution in [3.63, 3.8) is 0 Å². The van der Waals surface area contributed by atoms with Gasteiger partial charge in [0.25, 0.3) is 5.89 Å². The van der Waals surface area contributed by atoms with Crippen molar-refractivity contribution in [1.29, 1.82) is 0 Å². The highest BCUT2D eigenvalue weighted by Gasteiger charge is 2.12. The number of hydrogen-bond acceptors (Lipinski definition) is 5. The van der Waals surface area contributed by atoms with E-state index >= 15 is 0 Å². The molecule has 0 atom stereocenters. The van der Waals surface area contributed by atoms with E-state index in [0.29, 0.717) is 30.4 Å². The highest BCUT2D eigenvalue weighted by molar-refractivity contribution is 5.88. The summed E-state index contributed by atoms with van der Waals surface area (Å²) in [4.78, 5) is 18.6. The molecule has 0 unspecified atom stereocenters. The number of aromatic amines is 1. The van der Waals surface area contributed by atoms with Gasteiger partial charge in [-0.05, 0) is 54.4 Å². The number of carbonyl (C=O) groups is 1. The second-order valence-corrected chi connectivity index (χ2v) is 6.49. The third-order valence-corrected chi connectivity index (χ3v) is 4.48. The largest absolute Gasteiger partial charge is 0.361 e. The lowest BCUT2D eigenvalue weighted by atomic mass is 10.1. The fourth-order valence-electron chi connectivity index (χ4n) is 3.15. The van der Waals surface area contributed by atoms with E-state index in [0.717, 1.165) is 28.5 Å². The number of carbonyl (C=O) groups excluding carboxylic acids is 1. The summed E-state index contributed by atoms with van der Waals surface area (Å²) in [5.41, 5.74) is 15.5. The van der Waals surface area contributed by atoms with Crippen LogP contribution in [0.2, 0.25) is 0 Å². The molecule has 28 heavy (non-hydrogen) atoms. The molecule has 4 aromatic rings. The minimum absolute atomic E-state index is 0.476. The third kappa shape index (κ3) is 3.72. The van der Waals surface area contributed by atoms with Crippen LogP contribution in [0.3, 0.4) is 0 Å². The molecular weight excluding hydrogens is 356 g/mol. The van der Waals surface area contributed by atoms with E-state index in [2.05, 4.69) is 20.4 Å². The number of rotatable bonds is 6. The minimum atomic E-state index is -0.593. The molecule has 2 aromatic heterocycles. The van der Waals surface area contributed by atoms with Crippen molar-refractivity contribution >= 4 is 22.6 Å². The Balaban J connectivity index is 1.53. The molecule has 0 saturated heterocycles. The molecule has 0 aliphatic carbocycles. The van der Waals surface area contributed by atoms with Gasteiger partial charge >= 0.3 is 6.03 Å². The molecule has 0 radical (unpaired) electrons. The van der Waals surface area contributed by atoms with E-state index in [4.69, 9.17) is 16.0 Å². The lowest BCUT2D eigenvalue weighted by Gasteiger charge is -2.02. The van der Waals surface area contributed by atoms with Gasteiger partial charge in [0.15, 0.2) is 5.82 Å². The second-order valence-electron chi connectivity index (χ2n) is 6.49. The fraction of sp³-hybridized carbons (Fsp3) is 0.150. The first-order valence-corrected chi connectivity index (χ1v) is 8.91. The summed E-state index contributed by atoms with van der Waals surface area (Å²) in [7, 11) is 0. The van der Waals surface area contributed by atoms with Gasteiger partial charge < -0.3 is 26.3 Å². The lowest BCUT2D eigenvalue weighted by molar-refractivity contribution is 0.259. The van der Waals surface area contributed by atoms with Gasteiger partial charge in [-0.1, -0.05) is 17.3 Å². The number of hydrogen-bond donors (Lipinski definition) is 4. The smallest absolute Gasteiger partial charge is 0.316 e. The van der Waals surface area contributed by atoms with Crippen LogP contribution in [-0.4, -0.2) is 27.7 Å². The van der Waals surface area contributed by atoms with Crippen LogP contribution >= 0.6 is 0 Å². The standard InChI is InChI=1S/C20H20N6O2/c21-8-7-14-11-23-17-6-3-13(10-16(14)17)19-25-18(26-28-19)9-12-1-4-15(5-2-12)24-20(22)27/h1-6,10-11,23H,7-9,21H2,(H3,22,24,27). The molecule has 0 saturated carbocycles. The summed E-state index contributed by atoms with van der Waals surface area (Å²) >= 11 is 0. The maximum Gasteiger partial charge on any atom is 0.316 e. The summed E-state index contributed by atoms with van der Waals surface area (Å²) in [6, 6.07) is 12.7. The number of anilines is 1. The topological polar surface area (TPSA) is 136 Å². The highest BCUT2D eigenvalue weighted by atomic mass is 16.5. The maximum absolute atomic E-state index is 10.9. The van der Waals surface area contributed by atoms with Gasteiger partial charge in [0.1, 0.15) is 0 Å². The van der Waals surface area contributed by atoms with Gasteiger partial charge in [0, 0.05) is 34.8 Å². The maximum atomic E-state index is 10.9. The monoisotopic (exact) mass is 376 g/mol. The number of primary amides is 1. The van der Waals surface area contributed by atoms with Crippen molar-refractivity contribution < 1.29 is 9.32 Å². The van der Waals surface area contributed by atoms with Crippen molar-refractivity contribution in [3.8, 4) is 11.5 Å². The predicted molar refractivity (Wildman–Crippen MR) is 107 cm³/mol. The first-order chi connectivity index (χ1) is 13.6. The zero-order chi connectivity index (χ0) is 19.5. The molecule has 2 aromatic carbocycles. The molecule has 142 valence electrons. The molecule has 2 heterocycles. The van der Waals surface area contributed by atoms with Crippen molar-refractivity contribution in [3.05, 3.63) is 65.6 Å². The number of amides is 2. The molecule has 0 aliphatic heterocycles. The van der Waals surface area contributed by atoms with Gasteiger partial charge in [-0.2, -0.15) is 4.98 Å². The number of H-pyrrole nitrogens is 1. The van der Waals surface area contributed by atoms with Gasteiger partial charge in [0.05, 0.1) is 0 Å². The fourth-order valence-corrected chi connectivity index (χ4v) is 3.15. The zero-order valence-corrected chi connectivity index (χ0v) is 15.1.